The summed E-state index contributed by atoms with van der Waals surface area (Å²) in [5, 5.41) is 1.24. The molecule has 2 aromatic carbocycles. The van der Waals surface area contributed by atoms with Gasteiger partial charge in [-0.05, 0) is 103 Å². The van der Waals surface area contributed by atoms with Crippen molar-refractivity contribution < 1.29 is 8.78 Å². The summed E-state index contributed by atoms with van der Waals surface area (Å²) in [6, 6.07) is 15.1. The Labute approximate surface area is 285 Å². The number of nitrogens with zero attached hydrogens (tertiary/aromatic N) is 8. The van der Waals surface area contributed by atoms with Crippen LogP contribution in [0.3, 0.4) is 0 Å². The SMILES string of the molecule is CCn1c(Br)c(-c2ccnc(SC)n2)n(-c2ccc(F)cc2)c1=O.CCn1cc(-c2ccnc(SC)n2)n(-c2ccc(F)cc2)c1=O. The Morgan fingerprint density at radius 1 is 0.702 bits per heavy atom. The van der Waals surface area contributed by atoms with Gasteiger partial charge >= 0.3 is 11.4 Å². The fraction of sp³-hybridized carbons (Fsp3) is 0.188. The van der Waals surface area contributed by atoms with Crippen molar-refractivity contribution in [2.75, 3.05) is 12.5 Å². The highest BCUT2D eigenvalue weighted by Crippen LogP contribution is 2.29. The predicted octanol–water partition coefficient (Wildman–Crippen LogP) is 6.72. The molecule has 47 heavy (non-hydrogen) atoms. The second-order valence-electron chi connectivity index (χ2n) is 9.73. The molecule has 0 fully saturated rings. The number of hydrogen-bond acceptors (Lipinski definition) is 8. The first-order valence-corrected chi connectivity index (χ1v) is 17.5. The van der Waals surface area contributed by atoms with Gasteiger partial charge in [-0.15, -0.1) is 0 Å². The number of aryl methyl sites for hydroxylation is 1. The first kappa shape index (κ1) is 34.0. The van der Waals surface area contributed by atoms with Gasteiger partial charge in [-0.3, -0.25) is 18.3 Å². The van der Waals surface area contributed by atoms with E-state index in [0.717, 1.165) is 0 Å². The number of benzene rings is 2. The van der Waals surface area contributed by atoms with Gasteiger partial charge in [0.05, 0.1) is 28.5 Å². The summed E-state index contributed by atoms with van der Waals surface area (Å²) in [6.07, 6.45) is 8.86. The van der Waals surface area contributed by atoms with Gasteiger partial charge < -0.3 is 0 Å². The Balaban J connectivity index is 0.000000185. The van der Waals surface area contributed by atoms with Crippen LogP contribution >= 0.6 is 39.5 Å². The molecule has 4 heterocycles. The Kier molecular flexibility index (Phi) is 10.9. The number of halogens is 3. The molecule has 0 bridgehead atoms. The van der Waals surface area contributed by atoms with Gasteiger partial charge in [0, 0.05) is 31.7 Å². The van der Waals surface area contributed by atoms with Crippen LogP contribution in [0.2, 0.25) is 0 Å². The van der Waals surface area contributed by atoms with Crippen molar-refractivity contribution in [3.63, 3.8) is 0 Å². The van der Waals surface area contributed by atoms with Crippen molar-refractivity contribution in [1.29, 1.82) is 0 Å². The normalized spacial score (nSPS) is 11.0. The largest absolute Gasteiger partial charge is 0.334 e. The van der Waals surface area contributed by atoms with Crippen LogP contribution in [0.15, 0.2) is 104 Å². The number of thioether (sulfide) groups is 2. The lowest BCUT2D eigenvalue weighted by molar-refractivity contribution is 0.626. The molecule has 242 valence electrons. The zero-order chi connectivity index (χ0) is 33.7. The van der Waals surface area contributed by atoms with Crippen molar-refractivity contribution in [3.05, 3.63) is 116 Å². The topological polar surface area (TPSA) is 105 Å². The van der Waals surface area contributed by atoms with E-state index in [1.807, 2.05) is 26.4 Å². The van der Waals surface area contributed by atoms with Crippen molar-refractivity contribution in [2.45, 2.75) is 37.2 Å². The highest BCUT2D eigenvalue weighted by Gasteiger charge is 2.22. The first-order chi connectivity index (χ1) is 22.7. The molecule has 0 radical (unpaired) electrons. The summed E-state index contributed by atoms with van der Waals surface area (Å²) in [5.74, 6) is -0.695. The quantitative estimate of drug-likeness (QED) is 0.125. The smallest absolute Gasteiger partial charge is 0.298 e. The third-order valence-electron chi connectivity index (χ3n) is 7.00. The van der Waals surface area contributed by atoms with E-state index in [1.54, 1.807) is 64.1 Å². The van der Waals surface area contributed by atoms with Crippen LogP contribution in [0.4, 0.5) is 8.78 Å². The Morgan fingerprint density at radius 3 is 1.72 bits per heavy atom. The van der Waals surface area contributed by atoms with E-state index in [4.69, 9.17) is 0 Å². The zero-order valence-corrected chi connectivity index (χ0v) is 29.0. The molecule has 0 saturated carbocycles. The lowest BCUT2D eigenvalue weighted by atomic mass is 10.2. The molecule has 10 nitrogen and oxygen atoms in total. The summed E-state index contributed by atoms with van der Waals surface area (Å²) in [5.41, 5.74) is 3.32. The highest BCUT2D eigenvalue weighted by molar-refractivity contribution is 9.10. The van der Waals surface area contributed by atoms with Gasteiger partial charge in [0.2, 0.25) is 0 Å². The maximum Gasteiger partial charge on any atom is 0.334 e. The average Bonchev–Trinajstić information content (AvgIpc) is 3.57. The molecule has 0 aliphatic rings. The van der Waals surface area contributed by atoms with E-state index >= 15 is 0 Å². The first-order valence-electron chi connectivity index (χ1n) is 14.3. The van der Waals surface area contributed by atoms with Crippen LogP contribution in [0, 0.1) is 11.6 Å². The molecule has 0 saturated heterocycles. The fourth-order valence-electron chi connectivity index (χ4n) is 4.74. The molecular weight excluding hydrogens is 710 g/mol. The minimum absolute atomic E-state index is 0.182. The van der Waals surface area contributed by atoms with Gasteiger partial charge in [0.1, 0.15) is 21.9 Å². The molecule has 0 aliphatic heterocycles. The van der Waals surface area contributed by atoms with Gasteiger partial charge in [-0.1, -0.05) is 23.5 Å². The van der Waals surface area contributed by atoms with Gasteiger partial charge in [0.25, 0.3) is 0 Å². The third kappa shape index (κ3) is 7.16. The number of imidazole rings is 2. The van der Waals surface area contributed by atoms with Crippen molar-refractivity contribution in [3.8, 4) is 34.2 Å². The molecule has 15 heteroatoms. The van der Waals surface area contributed by atoms with E-state index in [0.29, 0.717) is 62.2 Å². The second kappa shape index (κ2) is 15.0. The van der Waals surface area contributed by atoms with Crippen LogP contribution in [-0.4, -0.2) is 50.7 Å². The molecule has 6 aromatic rings. The second-order valence-corrected chi connectivity index (χ2v) is 12.0. The number of hydrogen-bond donors (Lipinski definition) is 0. The average molecular weight is 740 g/mol. The highest BCUT2D eigenvalue weighted by atomic mass is 79.9. The van der Waals surface area contributed by atoms with Crippen molar-refractivity contribution in [1.82, 2.24) is 38.2 Å². The fourth-order valence-corrected chi connectivity index (χ4v) is 6.23. The molecule has 0 aliphatic carbocycles. The summed E-state index contributed by atoms with van der Waals surface area (Å²) in [4.78, 5) is 42.7. The summed E-state index contributed by atoms with van der Waals surface area (Å²) in [6.45, 7) is 4.83. The Bertz CT molecular complexity index is 2130. The lowest BCUT2D eigenvalue weighted by Gasteiger charge is -2.08. The number of rotatable bonds is 8. The summed E-state index contributed by atoms with van der Waals surface area (Å²) >= 11 is 6.36. The maximum atomic E-state index is 13.3. The monoisotopic (exact) mass is 738 g/mol. The summed E-state index contributed by atoms with van der Waals surface area (Å²) in [7, 11) is 0. The third-order valence-corrected chi connectivity index (χ3v) is 8.93. The minimum Gasteiger partial charge on any atom is -0.298 e. The predicted molar refractivity (Wildman–Crippen MR) is 185 cm³/mol. The van der Waals surface area contributed by atoms with Crippen LogP contribution in [0.1, 0.15) is 13.8 Å². The van der Waals surface area contributed by atoms with E-state index in [9.17, 15) is 18.4 Å². The molecule has 0 N–H and O–H groups in total. The Hall–Kier alpha value is -4.34. The zero-order valence-electron chi connectivity index (χ0n) is 25.8. The van der Waals surface area contributed by atoms with Crippen LogP contribution in [0.5, 0.6) is 0 Å². The van der Waals surface area contributed by atoms with E-state index < -0.39 is 0 Å². The molecule has 0 atom stereocenters. The molecule has 6 rings (SSSR count). The Morgan fingerprint density at radius 2 is 1.21 bits per heavy atom. The van der Waals surface area contributed by atoms with E-state index in [1.165, 1.54) is 56.9 Å². The molecule has 0 spiro atoms. The summed E-state index contributed by atoms with van der Waals surface area (Å²) < 4.78 is 33.3. The van der Waals surface area contributed by atoms with Crippen molar-refractivity contribution in [2.24, 2.45) is 0 Å². The molecular formula is C32H29BrF2N8O2S2. The van der Waals surface area contributed by atoms with Gasteiger partial charge in [-0.25, -0.2) is 38.3 Å². The molecule has 4 aromatic heterocycles. The van der Waals surface area contributed by atoms with Crippen LogP contribution in [0.25, 0.3) is 34.2 Å². The van der Waals surface area contributed by atoms with Crippen LogP contribution in [-0.2, 0) is 13.1 Å². The standard InChI is InChI=1S/C16H14BrFN4OS.C16H15FN4OS/c1-3-21-14(17)13(12-8-9-19-15(20-12)24-2)22(16(21)23)11-6-4-10(18)5-7-11;1-3-20-10-14(13-8-9-18-15(19-13)23-2)21(16(20)22)12-6-4-11(17)5-7-12/h4-9H,3H2,1-2H3;4-10H,3H2,1-2H3. The minimum atomic E-state index is -0.353. The van der Waals surface area contributed by atoms with E-state index in [-0.39, 0.29) is 23.0 Å². The molecule has 0 unspecified atom stereocenters. The van der Waals surface area contributed by atoms with Gasteiger partial charge in [-0.2, -0.15) is 0 Å². The number of aromatic nitrogens is 8. The van der Waals surface area contributed by atoms with Crippen molar-refractivity contribution >= 4 is 39.5 Å². The van der Waals surface area contributed by atoms with E-state index in [2.05, 4.69) is 35.9 Å². The molecule has 0 amide bonds. The van der Waals surface area contributed by atoms with Gasteiger partial charge in [0.15, 0.2) is 10.3 Å². The lowest BCUT2D eigenvalue weighted by Crippen LogP contribution is -2.23. The van der Waals surface area contributed by atoms with Crippen LogP contribution < -0.4 is 11.4 Å². The maximum absolute atomic E-state index is 13.3.